The molecule has 0 amide bonds. The third-order valence-electron chi connectivity index (χ3n) is 1.85. The fraction of sp³-hybridized carbons (Fsp3) is 0.222. The van der Waals surface area contributed by atoms with Crippen LogP contribution in [0, 0.1) is 0 Å². The molecule has 0 aliphatic rings. The Morgan fingerprint density at radius 3 is 2.71 bits per heavy atom. The molecule has 4 N–H and O–H groups in total. The van der Waals surface area contributed by atoms with Gasteiger partial charge in [0.15, 0.2) is 0 Å². The van der Waals surface area contributed by atoms with Crippen molar-refractivity contribution in [2.45, 2.75) is 10.9 Å². The molecule has 0 saturated heterocycles. The van der Waals surface area contributed by atoms with Crippen molar-refractivity contribution in [3.05, 3.63) is 23.8 Å². The first-order valence-corrected chi connectivity index (χ1v) is 5.14. The molecule has 5 heteroatoms. The Morgan fingerprint density at radius 2 is 2.21 bits per heavy atom. The second-order valence-electron chi connectivity index (χ2n) is 2.71. The summed E-state index contributed by atoms with van der Waals surface area (Å²) in [6, 6.07) is 3.71. The first kappa shape index (κ1) is 10.9. The first-order chi connectivity index (χ1) is 6.57. The van der Waals surface area contributed by atoms with Crippen LogP contribution >= 0.6 is 11.8 Å². The van der Waals surface area contributed by atoms with Gasteiger partial charge < -0.3 is 15.9 Å². The highest BCUT2D eigenvalue weighted by atomic mass is 32.2. The summed E-state index contributed by atoms with van der Waals surface area (Å²) in [5.74, 6) is -1.20. The van der Waals surface area contributed by atoms with Crippen molar-refractivity contribution in [2.75, 3.05) is 6.26 Å². The number of carboxylic acid groups (broad SMARTS) is 1. The molecule has 76 valence electrons. The normalized spacial score (nSPS) is 12.4. The van der Waals surface area contributed by atoms with Gasteiger partial charge in [-0.1, -0.05) is 12.1 Å². The van der Waals surface area contributed by atoms with E-state index in [0.29, 0.717) is 4.90 Å². The minimum atomic E-state index is -1.18. The monoisotopic (exact) mass is 213 g/mol. The standard InChI is InChI=1S/C9H11NO3S/c1-14-6-4-2-3-5(8(6)11)7(10)9(12)13/h2-4,7,11H,10H2,1H3,(H,12,13)/t7-/m0/s1. The summed E-state index contributed by atoms with van der Waals surface area (Å²) in [7, 11) is 0. The van der Waals surface area contributed by atoms with Gasteiger partial charge in [0.1, 0.15) is 11.8 Å². The maximum atomic E-state index is 10.6. The number of thioether (sulfide) groups is 1. The number of rotatable bonds is 3. The molecule has 1 atom stereocenters. The summed E-state index contributed by atoms with van der Waals surface area (Å²) >= 11 is 1.34. The average molecular weight is 213 g/mol. The SMILES string of the molecule is CSc1cccc([C@H](N)C(=O)O)c1O. The number of aliphatic carboxylic acids is 1. The van der Waals surface area contributed by atoms with Crippen LogP contribution in [0.15, 0.2) is 23.1 Å². The second kappa shape index (κ2) is 4.34. The summed E-state index contributed by atoms with van der Waals surface area (Å²) in [6.07, 6.45) is 1.80. The molecular weight excluding hydrogens is 202 g/mol. The summed E-state index contributed by atoms with van der Waals surface area (Å²) in [5.41, 5.74) is 5.63. The molecule has 1 rings (SSSR count). The van der Waals surface area contributed by atoms with E-state index in [-0.39, 0.29) is 11.3 Å². The predicted octanol–water partition coefficient (Wildman–Crippen LogP) is 1.20. The molecule has 0 fully saturated rings. The number of phenols is 1. The van der Waals surface area contributed by atoms with Crippen molar-refractivity contribution in [1.82, 2.24) is 0 Å². The molecule has 0 aliphatic carbocycles. The van der Waals surface area contributed by atoms with Crippen LogP contribution < -0.4 is 5.73 Å². The molecule has 0 unspecified atom stereocenters. The Hall–Kier alpha value is -1.20. The number of nitrogens with two attached hydrogens (primary N) is 1. The van der Waals surface area contributed by atoms with Crippen molar-refractivity contribution in [3.8, 4) is 5.75 Å². The fourth-order valence-electron chi connectivity index (χ4n) is 1.09. The summed E-state index contributed by atoms with van der Waals surface area (Å²) in [4.78, 5) is 11.2. The quantitative estimate of drug-likeness (QED) is 0.657. The van der Waals surface area contributed by atoms with Gasteiger partial charge in [-0.15, -0.1) is 11.8 Å². The molecule has 1 aromatic rings. The van der Waals surface area contributed by atoms with Gasteiger partial charge >= 0.3 is 5.97 Å². The largest absolute Gasteiger partial charge is 0.506 e. The predicted molar refractivity (Wildman–Crippen MR) is 54.5 cm³/mol. The lowest BCUT2D eigenvalue weighted by Gasteiger charge is -2.11. The Bertz CT molecular complexity index is 354. The number of para-hydroxylation sites is 1. The molecule has 0 radical (unpaired) electrons. The molecular formula is C9H11NO3S. The summed E-state index contributed by atoms with van der Waals surface area (Å²) in [5, 5.41) is 18.3. The van der Waals surface area contributed by atoms with E-state index in [2.05, 4.69) is 0 Å². The molecule has 0 aliphatic heterocycles. The smallest absolute Gasteiger partial charge is 0.325 e. The van der Waals surface area contributed by atoms with Crippen molar-refractivity contribution in [2.24, 2.45) is 5.73 Å². The van der Waals surface area contributed by atoms with Gasteiger partial charge in [-0.05, 0) is 12.3 Å². The number of carbonyl (C=O) groups is 1. The van der Waals surface area contributed by atoms with E-state index in [4.69, 9.17) is 10.8 Å². The lowest BCUT2D eigenvalue weighted by atomic mass is 10.1. The highest BCUT2D eigenvalue weighted by molar-refractivity contribution is 7.98. The van der Waals surface area contributed by atoms with Crippen LogP contribution in [0.4, 0.5) is 0 Å². The molecule has 14 heavy (non-hydrogen) atoms. The van der Waals surface area contributed by atoms with Gasteiger partial charge in [-0.2, -0.15) is 0 Å². The van der Waals surface area contributed by atoms with E-state index < -0.39 is 12.0 Å². The number of carboxylic acids is 1. The third kappa shape index (κ3) is 2.00. The lowest BCUT2D eigenvalue weighted by Crippen LogP contribution is -2.20. The number of aromatic hydroxyl groups is 1. The highest BCUT2D eigenvalue weighted by Crippen LogP contribution is 2.32. The first-order valence-electron chi connectivity index (χ1n) is 3.92. The van der Waals surface area contributed by atoms with Crippen LogP contribution in [0.25, 0.3) is 0 Å². The maximum Gasteiger partial charge on any atom is 0.325 e. The van der Waals surface area contributed by atoms with E-state index in [1.54, 1.807) is 18.4 Å². The van der Waals surface area contributed by atoms with Gasteiger partial charge in [0.2, 0.25) is 0 Å². The van der Waals surface area contributed by atoms with Crippen LogP contribution in [0.3, 0.4) is 0 Å². The van der Waals surface area contributed by atoms with Crippen LogP contribution in [-0.4, -0.2) is 22.4 Å². The van der Waals surface area contributed by atoms with Crippen molar-refractivity contribution in [1.29, 1.82) is 0 Å². The zero-order valence-corrected chi connectivity index (χ0v) is 8.41. The van der Waals surface area contributed by atoms with Gasteiger partial charge in [0.05, 0.1) is 0 Å². The molecule has 4 nitrogen and oxygen atoms in total. The van der Waals surface area contributed by atoms with Gasteiger partial charge in [0.25, 0.3) is 0 Å². The summed E-state index contributed by atoms with van der Waals surface area (Å²) < 4.78 is 0. The van der Waals surface area contributed by atoms with Crippen LogP contribution in [0.5, 0.6) is 5.75 Å². The van der Waals surface area contributed by atoms with Gasteiger partial charge in [0, 0.05) is 10.5 Å². The van der Waals surface area contributed by atoms with E-state index in [9.17, 15) is 9.90 Å². The minimum absolute atomic E-state index is 0.0464. The zero-order valence-electron chi connectivity index (χ0n) is 7.60. The van der Waals surface area contributed by atoms with E-state index in [0.717, 1.165) is 0 Å². The molecule has 1 aromatic carbocycles. The van der Waals surface area contributed by atoms with E-state index in [1.165, 1.54) is 17.8 Å². The van der Waals surface area contributed by atoms with E-state index in [1.807, 2.05) is 0 Å². The average Bonchev–Trinajstić information content (AvgIpc) is 2.17. The maximum absolute atomic E-state index is 10.6. The Balaban J connectivity index is 3.15. The Labute approximate surface area is 85.7 Å². The van der Waals surface area contributed by atoms with Crippen LogP contribution in [0.1, 0.15) is 11.6 Å². The topological polar surface area (TPSA) is 83.6 Å². The van der Waals surface area contributed by atoms with Crippen molar-refractivity contribution in [3.63, 3.8) is 0 Å². The van der Waals surface area contributed by atoms with Crippen LogP contribution in [-0.2, 0) is 4.79 Å². The lowest BCUT2D eigenvalue weighted by molar-refractivity contribution is -0.138. The van der Waals surface area contributed by atoms with Crippen molar-refractivity contribution >= 4 is 17.7 Å². The molecule has 0 heterocycles. The number of benzene rings is 1. The van der Waals surface area contributed by atoms with Gasteiger partial charge in [-0.25, -0.2) is 0 Å². The fourth-order valence-corrected chi connectivity index (χ4v) is 1.61. The second-order valence-corrected chi connectivity index (χ2v) is 3.56. The number of hydrogen-bond acceptors (Lipinski definition) is 4. The number of phenolic OH excluding ortho intramolecular Hbond substituents is 1. The minimum Gasteiger partial charge on any atom is -0.506 e. The Kier molecular flexibility index (Phi) is 3.38. The Morgan fingerprint density at radius 1 is 1.57 bits per heavy atom. The molecule has 0 saturated carbocycles. The van der Waals surface area contributed by atoms with Crippen LogP contribution in [0.2, 0.25) is 0 Å². The molecule has 0 aromatic heterocycles. The number of hydrogen-bond donors (Lipinski definition) is 3. The zero-order chi connectivity index (χ0) is 10.7. The highest BCUT2D eigenvalue weighted by Gasteiger charge is 2.19. The molecule has 0 spiro atoms. The van der Waals surface area contributed by atoms with Crippen molar-refractivity contribution < 1.29 is 15.0 Å². The third-order valence-corrected chi connectivity index (χ3v) is 2.62. The van der Waals surface area contributed by atoms with Gasteiger partial charge in [-0.3, -0.25) is 4.79 Å². The molecule has 0 bridgehead atoms. The summed E-state index contributed by atoms with van der Waals surface area (Å²) in [6.45, 7) is 0. The van der Waals surface area contributed by atoms with E-state index >= 15 is 0 Å².